The number of anilines is 1. The van der Waals surface area contributed by atoms with Crippen molar-refractivity contribution in [2.75, 3.05) is 18.0 Å². The van der Waals surface area contributed by atoms with E-state index in [0.29, 0.717) is 24.9 Å². The van der Waals surface area contributed by atoms with Gasteiger partial charge in [-0.15, -0.1) is 5.92 Å². The van der Waals surface area contributed by atoms with Gasteiger partial charge in [0.2, 0.25) is 5.95 Å². The van der Waals surface area contributed by atoms with Gasteiger partial charge in [-0.2, -0.15) is 5.26 Å². The van der Waals surface area contributed by atoms with E-state index in [2.05, 4.69) is 26.8 Å². The Morgan fingerprint density at radius 2 is 1.85 bits per heavy atom. The second-order valence-corrected chi connectivity index (χ2v) is 8.42. The number of aryl methyl sites for hydroxylation is 2. The minimum atomic E-state index is -0.522. The maximum atomic E-state index is 13.8. The number of imidazole rings is 1. The number of rotatable bonds is 5. The average Bonchev–Trinajstić information content (AvgIpc) is 3.17. The molecule has 0 bridgehead atoms. The smallest absolute Gasteiger partial charge is 0.294 e. The summed E-state index contributed by atoms with van der Waals surface area (Å²) in [5.41, 5.74) is 6.87. The number of nitriles is 1. The summed E-state index contributed by atoms with van der Waals surface area (Å²) >= 11 is 0. The highest BCUT2D eigenvalue weighted by Gasteiger charge is 2.27. The van der Waals surface area contributed by atoms with Crippen molar-refractivity contribution in [3.63, 3.8) is 0 Å². The van der Waals surface area contributed by atoms with E-state index in [4.69, 9.17) is 5.73 Å². The monoisotopic (exact) mass is 461 g/mol. The zero-order valence-corrected chi connectivity index (χ0v) is 19.6. The van der Waals surface area contributed by atoms with Gasteiger partial charge >= 0.3 is 0 Å². The topological polar surface area (TPSA) is 141 Å². The summed E-state index contributed by atoms with van der Waals surface area (Å²) in [7, 11) is 0. The van der Waals surface area contributed by atoms with Crippen LogP contribution in [-0.4, -0.2) is 48.0 Å². The second kappa shape index (κ2) is 9.49. The maximum absolute atomic E-state index is 13.8. The number of hydrogen-bond acceptors (Lipinski definition) is 8. The molecule has 1 atom stereocenters. The molecule has 3 aromatic heterocycles. The van der Waals surface area contributed by atoms with Crippen LogP contribution >= 0.6 is 0 Å². The van der Waals surface area contributed by atoms with Gasteiger partial charge in [0.05, 0.1) is 12.6 Å². The van der Waals surface area contributed by atoms with Gasteiger partial charge in [0, 0.05) is 30.5 Å². The normalized spacial score (nSPS) is 15.7. The van der Waals surface area contributed by atoms with E-state index in [1.54, 1.807) is 11.5 Å². The Hall–Kier alpha value is -3.96. The number of piperidine rings is 1. The van der Waals surface area contributed by atoms with Crippen LogP contribution < -0.4 is 21.8 Å². The Balaban J connectivity index is 1.98. The second-order valence-electron chi connectivity index (χ2n) is 8.42. The molecule has 0 saturated carbocycles. The molecule has 1 aliphatic rings. The Bertz CT molecular complexity index is 1440. The van der Waals surface area contributed by atoms with E-state index in [-0.39, 0.29) is 36.7 Å². The first kappa shape index (κ1) is 23.2. The van der Waals surface area contributed by atoms with Gasteiger partial charge in [-0.05, 0) is 39.7 Å². The van der Waals surface area contributed by atoms with E-state index < -0.39 is 11.1 Å². The molecule has 11 nitrogen and oxygen atoms in total. The molecule has 1 fully saturated rings. The lowest BCUT2D eigenvalue weighted by atomic mass is 10.1. The molecular weight excluding hydrogens is 434 g/mol. The van der Waals surface area contributed by atoms with E-state index in [0.717, 1.165) is 28.9 Å². The zero-order valence-electron chi connectivity index (χ0n) is 19.6. The minimum absolute atomic E-state index is 0.0184. The van der Waals surface area contributed by atoms with Gasteiger partial charge in [-0.3, -0.25) is 14.2 Å². The average molecular weight is 462 g/mol. The summed E-state index contributed by atoms with van der Waals surface area (Å²) < 4.78 is 4.02. The summed E-state index contributed by atoms with van der Waals surface area (Å²) in [5.74, 6) is 6.70. The number of aromatic nitrogens is 6. The summed E-state index contributed by atoms with van der Waals surface area (Å²) in [6.07, 6.45) is 1.79. The Labute approximate surface area is 196 Å². The minimum Gasteiger partial charge on any atom is -0.341 e. The van der Waals surface area contributed by atoms with E-state index in [1.807, 2.05) is 30.9 Å². The lowest BCUT2D eigenvalue weighted by Crippen LogP contribution is -2.44. The molecule has 3 aromatic rings. The maximum Gasteiger partial charge on any atom is 0.294 e. The summed E-state index contributed by atoms with van der Waals surface area (Å²) in [6, 6.07) is 3.77. The van der Waals surface area contributed by atoms with Gasteiger partial charge in [0.1, 0.15) is 24.4 Å². The van der Waals surface area contributed by atoms with Crippen LogP contribution in [-0.2, 0) is 19.6 Å². The van der Waals surface area contributed by atoms with Crippen molar-refractivity contribution in [3.05, 3.63) is 44.0 Å². The molecule has 0 aromatic carbocycles. The third kappa shape index (κ3) is 4.30. The van der Waals surface area contributed by atoms with Gasteiger partial charge in [-0.25, -0.2) is 24.3 Å². The van der Waals surface area contributed by atoms with Crippen LogP contribution in [0.3, 0.4) is 0 Å². The first-order valence-corrected chi connectivity index (χ1v) is 11.2. The van der Waals surface area contributed by atoms with Crippen molar-refractivity contribution >= 4 is 17.0 Å². The van der Waals surface area contributed by atoms with Gasteiger partial charge in [-0.1, -0.05) is 5.92 Å². The quantitative estimate of drug-likeness (QED) is 0.535. The van der Waals surface area contributed by atoms with Crippen molar-refractivity contribution in [2.24, 2.45) is 5.73 Å². The lowest BCUT2D eigenvalue weighted by molar-refractivity contribution is 0.468. The number of nitrogens with two attached hydrogens (primary N) is 1. The van der Waals surface area contributed by atoms with Crippen LogP contribution in [0.5, 0.6) is 0 Å². The van der Waals surface area contributed by atoms with Crippen LogP contribution in [0.1, 0.15) is 37.0 Å². The van der Waals surface area contributed by atoms with E-state index in [9.17, 15) is 14.9 Å². The Morgan fingerprint density at radius 3 is 2.50 bits per heavy atom. The van der Waals surface area contributed by atoms with Crippen LogP contribution in [0, 0.1) is 37.0 Å². The third-order valence-corrected chi connectivity index (χ3v) is 5.81. The molecule has 4 heterocycles. The molecule has 0 spiro atoms. The van der Waals surface area contributed by atoms with E-state index in [1.165, 1.54) is 4.68 Å². The van der Waals surface area contributed by atoms with Crippen LogP contribution in [0.25, 0.3) is 11.0 Å². The molecule has 0 radical (unpaired) electrons. The molecule has 0 aliphatic carbocycles. The molecule has 1 aliphatic heterocycles. The first-order chi connectivity index (χ1) is 16.3. The first-order valence-electron chi connectivity index (χ1n) is 11.2. The number of hydrogen-bond donors (Lipinski definition) is 1. The van der Waals surface area contributed by atoms with Gasteiger partial charge in [0.15, 0.2) is 5.52 Å². The SMILES string of the molecule is CC#CCn1c(N2CCCC(N)C2)nc2c(=O)n(CC#N)n(Cc3nc(C)cc(C)n3)c(=O)c21. The molecule has 1 unspecified atom stereocenters. The fourth-order valence-corrected chi connectivity index (χ4v) is 4.40. The Morgan fingerprint density at radius 1 is 1.12 bits per heavy atom. The third-order valence-electron chi connectivity index (χ3n) is 5.81. The molecule has 1 saturated heterocycles. The standard InChI is InChI=1S/C23H27N9O2/c1-4-5-10-30-20-19(28-23(30)29-9-6-7-17(25)13-29)21(33)31(11-8-24)32(22(20)34)14-18-26-15(2)12-16(3)27-18/h12,17H,6-7,9-11,13-14,25H2,1-3H3. The Kier molecular flexibility index (Phi) is 6.48. The summed E-state index contributed by atoms with van der Waals surface area (Å²) in [4.78, 5) is 42.6. The molecule has 34 heavy (non-hydrogen) atoms. The zero-order chi connectivity index (χ0) is 24.4. The number of nitrogens with zero attached hydrogens (tertiary/aromatic N) is 8. The highest BCUT2D eigenvalue weighted by molar-refractivity contribution is 5.77. The van der Waals surface area contributed by atoms with Gasteiger partial charge in [0.25, 0.3) is 11.1 Å². The van der Waals surface area contributed by atoms with Crippen molar-refractivity contribution in [3.8, 4) is 17.9 Å². The molecular formula is C23H27N9O2. The van der Waals surface area contributed by atoms with Gasteiger partial charge < -0.3 is 10.6 Å². The van der Waals surface area contributed by atoms with Crippen LogP contribution in [0.4, 0.5) is 5.95 Å². The highest BCUT2D eigenvalue weighted by atomic mass is 16.2. The molecule has 0 amide bonds. The van der Waals surface area contributed by atoms with Crippen molar-refractivity contribution in [2.45, 2.75) is 59.3 Å². The predicted octanol–water partition coefficient (Wildman–Crippen LogP) is 0.289. The molecule has 11 heteroatoms. The lowest BCUT2D eigenvalue weighted by Gasteiger charge is -2.31. The van der Waals surface area contributed by atoms with Crippen molar-refractivity contribution in [1.82, 2.24) is 28.9 Å². The van der Waals surface area contributed by atoms with Crippen LogP contribution in [0.15, 0.2) is 15.7 Å². The highest BCUT2D eigenvalue weighted by Crippen LogP contribution is 2.22. The van der Waals surface area contributed by atoms with Crippen molar-refractivity contribution < 1.29 is 0 Å². The summed E-state index contributed by atoms with van der Waals surface area (Å²) in [6.45, 7) is 6.51. The number of fused-ring (bicyclic) bond motifs is 1. The van der Waals surface area contributed by atoms with Crippen molar-refractivity contribution in [1.29, 1.82) is 5.26 Å². The molecule has 2 N–H and O–H groups in total. The fraction of sp³-hybridized carbons (Fsp3) is 0.478. The fourth-order valence-electron chi connectivity index (χ4n) is 4.40. The predicted molar refractivity (Wildman–Crippen MR) is 127 cm³/mol. The largest absolute Gasteiger partial charge is 0.341 e. The summed E-state index contributed by atoms with van der Waals surface area (Å²) in [5, 5.41) is 9.37. The van der Waals surface area contributed by atoms with Crippen LogP contribution in [0.2, 0.25) is 0 Å². The molecule has 4 rings (SSSR count). The molecule has 176 valence electrons. The van der Waals surface area contributed by atoms with E-state index >= 15 is 0 Å².